The van der Waals surface area contributed by atoms with Gasteiger partial charge in [-0.3, -0.25) is 9.59 Å². The van der Waals surface area contributed by atoms with Crippen LogP contribution in [0.1, 0.15) is 18.9 Å². The summed E-state index contributed by atoms with van der Waals surface area (Å²) in [6.45, 7) is 5.64. The molecule has 1 aliphatic rings. The van der Waals surface area contributed by atoms with Crippen molar-refractivity contribution < 1.29 is 14.3 Å². The summed E-state index contributed by atoms with van der Waals surface area (Å²) in [5.41, 5.74) is 2.10. The van der Waals surface area contributed by atoms with Gasteiger partial charge in [0.1, 0.15) is 6.61 Å². The van der Waals surface area contributed by atoms with Crippen LogP contribution in [0.3, 0.4) is 0 Å². The van der Waals surface area contributed by atoms with Crippen molar-refractivity contribution in [2.75, 3.05) is 31.2 Å². The average Bonchev–Trinajstić information content (AvgIpc) is 2.85. The summed E-state index contributed by atoms with van der Waals surface area (Å²) < 4.78 is 5.04. The van der Waals surface area contributed by atoms with E-state index in [4.69, 9.17) is 4.74 Å². The van der Waals surface area contributed by atoms with Crippen molar-refractivity contribution >= 4 is 17.5 Å². The molecule has 2 rings (SSSR count). The van der Waals surface area contributed by atoms with Gasteiger partial charge in [-0.1, -0.05) is 17.7 Å². The molecule has 1 atom stereocenters. The number of aryl methyl sites for hydroxylation is 1. The fourth-order valence-corrected chi connectivity index (χ4v) is 2.40. The molecule has 1 heterocycles. The largest absolute Gasteiger partial charge is 0.372 e. The highest BCUT2D eigenvalue weighted by atomic mass is 16.5. The van der Waals surface area contributed by atoms with Crippen LogP contribution in [0.2, 0.25) is 0 Å². The minimum atomic E-state index is -0.127. The molecule has 1 fully saturated rings. The number of rotatable bonds is 6. The lowest BCUT2D eigenvalue weighted by atomic mass is 10.1. The molecule has 1 aliphatic heterocycles. The molecular weight excluding hydrogens is 268 g/mol. The highest BCUT2D eigenvalue weighted by Crippen LogP contribution is 2.24. The molecule has 0 unspecified atom stereocenters. The van der Waals surface area contributed by atoms with E-state index in [0.717, 1.165) is 5.69 Å². The van der Waals surface area contributed by atoms with E-state index in [1.165, 1.54) is 5.56 Å². The topological polar surface area (TPSA) is 58.6 Å². The van der Waals surface area contributed by atoms with Crippen LogP contribution < -0.4 is 10.2 Å². The molecule has 2 amide bonds. The summed E-state index contributed by atoms with van der Waals surface area (Å²) in [5.74, 6) is 0.144. The zero-order chi connectivity index (χ0) is 15.2. The van der Waals surface area contributed by atoms with Crippen LogP contribution in [0.15, 0.2) is 24.3 Å². The normalized spacial score (nSPS) is 18.1. The number of hydrogen-bond donors (Lipinski definition) is 1. The highest BCUT2D eigenvalue weighted by molar-refractivity contribution is 5.95. The van der Waals surface area contributed by atoms with E-state index in [9.17, 15) is 9.59 Å². The fraction of sp³-hybridized carbons (Fsp3) is 0.500. The van der Waals surface area contributed by atoms with Crippen molar-refractivity contribution in [1.29, 1.82) is 0 Å². The molecule has 5 heteroatoms. The van der Waals surface area contributed by atoms with Gasteiger partial charge in [-0.05, 0) is 26.0 Å². The summed E-state index contributed by atoms with van der Waals surface area (Å²) in [4.78, 5) is 25.4. The van der Waals surface area contributed by atoms with E-state index >= 15 is 0 Å². The fourth-order valence-electron chi connectivity index (χ4n) is 2.40. The van der Waals surface area contributed by atoms with E-state index in [0.29, 0.717) is 26.1 Å². The lowest BCUT2D eigenvalue weighted by molar-refractivity contribution is -0.125. The number of carbonyl (C=O) groups excluding carboxylic acids is 2. The minimum Gasteiger partial charge on any atom is -0.372 e. The Balaban J connectivity index is 1.85. The van der Waals surface area contributed by atoms with Gasteiger partial charge in [-0.15, -0.1) is 0 Å². The van der Waals surface area contributed by atoms with Gasteiger partial charge in [0.25, 0.3) is 0 Å². The van der Waals surface area contributed by atoms with E-state index in [1.54, 1.807) is 4.90 Å². The minimum absolute atomic E-state index is 0.0822. The maximum atomic E-state index is 12.1. The summed E-state index contributed by atoms with van der Waals surface area (Å²) in [6, 6.07) is 7.92. The number of ether oxygens (including phenoxy) is 1. The molecular formula is C16H22N2O3. The molecule has 0 bridgehead atoms. The van der Waals surface area contributed by atoms with Crippen LogP contribution >= 0.6 is 0 Å². The van der Waals surface area contributed by atoms with Gasteiger partial charge < -0.3 is 15.0 Å². The maximum Gasteiger partial charge on any atom is 0.246 e. The molecule has 1 aromatic rings. The molecule has 114 valence electrons. The van der Waals surface area contributed by atoms with Crippen LogP contribution in [0.5, 0.6) is 0 Å². The second kappa shape index (κ2) is 7.22. The number of nitrogens with zero attached hydrogens (tertiary/aromatic N) is 1. The van der Waals surface area contributed by atoms with Crippen LogP contribution in [-0.4, -0.2) is 38.1 Å². The number of hydrogen-bond acceptors (Lipinski definition) is 3. The summed E-state index contributed by atoms with van der Waals surface area (Å²) in [5, 5.41) is 2.82. The predicted octanol–water partition coefficient (Wildman–Crippen LogP) is 1.50. The second-order valence-electron chi connectivity index (χ2n) is 5.35. The first kappa shape index (κ1) is 15.5. The van der Waals surface area contributed by atoms with Crippen LogP contribution in [0.4, 0.5) is 5.69 Å². The van der Waals surface area contributed by atoms with Gasteiger partial charge in [0.15, 0.2) is 0 Å². The van der Waals surface area contributed by atoms with Gasteiger partial charge in [-0.25, -0.2) is 0 Å². The quantitative estimate of drug-likeness (QED) is 0.864. The zero-order valence-corrected chi connectivity index (χ0v) is 12.6. The Hall–Kier alpha value is -1.88. The Morgan fingerprint density at radius 1 is 1.38 bits per heavy atom. The van der Waals surface area contributed by atoms with Crippen LogP contribution in [0, 0.1) is 12.8 Å². The highest BCUT2D eigenvalue weighted by Gasteiger charge is 2.30. The Morgan fingerprint density at radius 2 is 2.10 bits per heavy atom. The molecule has 0 aliphatic carbocycles. The van der Waals surface area contributed by atoms with Crippen molar-refractivity contribution in [1.82, 2.24) is 5.32 Å². The molecule has 0 spiro atoms. The predicted molar refractivity (Wildman–Crippen MR) is 81.1 cm³/mol. The molecule has 1 N–H and O–H groups in total. The van der Waals surface area contributed by atoms with E-state index in [1.807, 2.05) is 38.1 Å². The lowest BCUT2D eigenvalue weighted by Gasteiger charge is -2.17. The van der Waals surface area contributed by atoms with Gasteiger partial charge in [0, 0.05) is 37.7 Å². The molecule has 21 heavy (non-hydrogen) atoms. The standard InChI is InChI=1S/C16H22N2O3/c1-3-21-11-15(19)17-9-13-8-16(20)18(10-13)14-6-4-12(2)5-7-14/h4-7,13H,3,8-11H2,1-2H3,(H,17,19)/t13-/m0/s1. The molecule has 0 aromatic heterocycles. The Labute approximate surface area is 125 Å². The third-order valence-corrected chi connectivity index (χ3v) is 3.58. The van der Waals surface area contributed by atoms with Crippen molar-refractivity contribution in [3.8, 4) is 0 Å². The molecule has 5 nitrogen and oxygen atoms in total. The summed E-state index contributed by atoms with van der Waals surface area (Å²) >= 11 is 0. The Morgan fingerprint density at radius 3 is 2.76 bits per heavy atom. The van der Waals surface area contributed by atoms with Crippen molar-refractivity contribution in [2.24, 2.45) is 5.92 Å². The van der Waals surface area contributed by atoms with E-state index in [-0.39, 0.29) is 24.3 Å². The first-order valence-corrected chi connectivity index (χ1v) is 7.31. The third kappa shape index (κ3) is 4.29. The number of nitrogens with one attached hydrogen (secondary N) is 1. The average molecular weight is 290 g/mol. The first-order valence-electron chi connectivity index (χ1n) is 7.31. The van der Waals surface area contributed by atoms with E-state index < -0.39 is 0 Å². The monoisotopic (exact) mass is 290 g/mol. The SMILES string of the molecule is CCOCC(=O)NC[C@@H]1CC(=O)N(c2ccc(C)cc2)C1. The van der Waals surface area contributed by atoms with Crippen molar-refractivity contribution in [2.45, 2.75) is 20.3 Å². The second-order valence-corrected chi connectivity index (χ2v) is 5.35. The first-order chi connectivity index (χ1) is 10.1. The van der Waals surface area contributed by atoms with Gasteiger partial charge >= 0.3 is 0 Å². The molecule has 1 aromatic carbocycles. The number of amides is 2. The smallest absolute Gasteiger partial charge is 0.246 e. The number of anilines is 1. The summed E-state index contributed by atoms with van der Waals surface area (Å²) in [6.07, 6.45) is 0.475. The number of carbonyl (C=O) groups is 2. The van der Waals surface area contributed by atoms with E-state index in [2.05, 4.69) is 5.32 Å². The zero-order valence-electron chi connectivity index (χ0n) is 12.6. The number of benzene rings is 1. The van der Waals surface area contributed by atoms with Gasteiger partial charge in [0.05, 0.1) is 0 Å². The van der Waals surface area contributed by atoms with Crippen LogP contribution in [-0.2, 0) is 14.3 Å². The van der Waals surface area contributed by atoms with Crippen molar-refractivity contribution in [3.05, 3.63) is 29.8 Å². The molecule has 0 saturated carbocycles. The van der Waals surface area contributed by atoms with Crippen molar-refractivity contribution in [3.63, 3.8) is 0 Å². The molecule has 0 radical (unpaired) electrons. The summed E-state index contributed by atoms with van der Waals surface area (Å²) in [7, 11) is 0. The lowest BCUT2D eigenvalue weighted by Crippen LogP contribution is -2.33. The Kier molecular flexibility index (Phi) is 5.33. The van der Waals surface area contributed by atoms with Gasteiger partial charge in [-0.2, -0.15) is 0 Å². The Bertz CT molecular complexity index is 499. The van der Waals surface area contributed by atoms with Gasteiger partial charge in [0.2, 0.25) is 11.8 Å². The molecule has 1 saturated heterocycles. The third-order valence-electron chi connectivity index (χ3n) is 3.58. The van der Waals surface area contributed by atoms with Crippen LogP contribution in [0.25, 0.3) is 0 Å². The maximum absolute atomic E-state index is 12.1.